The molecule has 0 atom stereocenters. The number of carbonyl (C=O) groups excluding carboxylic acids is 1. The van der Waals surface area contributed by atoms with Crippen LogP contribution in [0.2, 0.25) is 5.02 Å². The molecule has 0 fully saturated rings. The van der Waals surface area contributed by atoms with Gasteiger partial charge in [-0.2, -0.15) is 0 Å². The average molecular weight is 332 g/mol. The molecule has 0 unspecified atom stereocenters. The summed E-state index contributed by atoms with van der Waals surface area (Å²) >= 11 is 7.50. The maximum atomic E-state index is 12.4. The summed E-state index contributed by atoms with van der Waals surface area (Å²) in [5, 5.41) is 2.67. The molecule has 3 aromatic rings. The SMILES string of the molecule is CN(Cc1cccs1)C(=O)c1ccc(-c2ccc(Cl)cc2)o1. The van der Waals surface area contributed by atoms with E-state index in [9.17, 15) is 4.79 Å². The van der Waals surface area contributed by atoms with Gasteiger partial charge in [-0.25, -0.2) is 0 Å². The second kappa shape index (κ2) is 6.38. The van der Waals surface area contributed by atoms with E-state index in [0.29, 0.717) is 23.1 Å². The molecule has 3 nitrogen and oxygen atoms in total. The molecule has 2 heterocycles. The van der Waals surface area contributed by atoms with Gasteiger partial charge in [0.25, 0.3) is 5.91 Å². The number of hydrogen-bond acceptors (Lipinski definition) is 3. The Morgan fingerprint density at radius 3 is 2.64 bits per heavy atom. The van der Waals surface area contributed by atoms with Crippen molar-refractivity contribution in [2.45, 2.75) is 6.54 Å². The number of hydrogen-bond donors (Lipinski definition) is 0. The number of halogens is 1. The monoisotopic (exact) mass is 331 g/mol. The van der Waals surface area contributed by atoms with Crippen LogP contribution in [-0.2, 0) is 6.54 Å². The van der Waals surface area contributed by atoms with E-state index in [-0.39, 0.29) is 5.91 Å². The average Bonchev–Trinajstić information content (AvgIpc) is 3.18. The van der Waals surface area contributed by atoms with Gasteiger partial charge in [-0.15, -0.1) is 11.3 Å². The molecule has 0 aliphatic carbocycles. The minimum atomic E-state index is -0.131. The molecule has 5 heteroatoms. The van der Waals surface area contributed by atoms with Crippen LogP contribution in [0.1, 0.15) is 15.4 Å². The summed E-state index contributed by atoms with van der Waals surface area (Å²) in [4.78, 5) is 15.2. The smallest absolute Gasteiger partial charge is 0.289 e. The lowest BCUT2D eigenvalue weighted by Gasteiger charge is -2.14. The molecule has 112 valence electrons. The second-order valence-corrected chi connectivity index (χ2v) is 6.38. The van der Waals surface area contributed by atoms with Crippen molar-refractivity contribution >= 4 is 28.8 Å². The van der Waals surface area contributed by atoms with Crippen LogP contribution in [0.5, 0.6) is 0 Å². The van der Waals surface area contributed by atoms with E-state index in [2.05, 4.69) is 0 Å². The van der Waals surface area contributed by atoms with Crippen molar-refractivity contribution in [1.29, 1.82) is 0 Å². The summed E-state index contributed by atoms with van der Waals surface area (Å²) in [6, 6.07) is 14.8. The molecule has 1 amide bonds. The van der Waals surface area contributed by atoms with Gasteiger partial charge in [0.2, 0.25) is 0 Å². The molecule has 1 aromatic carbocycles. The quantitative estimate of drug-likeness (QED) is 0.679. The second-order valence-electron chi connectivity index (χ2n) is 4.91. The minimum Gasteiger partial charge on any atom is -0.451 e. The highest BCUT2D eigenvalue weighted by atomic mass is 35.5. The van der Waals surface area contributed by atoms with Crippen LogP contribution in [0.4, 0.5) is 0 Å². The highest BCUT2D eigenvalue weighted by Crippen LogP contribution is 2.24. The van der Waals surface area contributed by atoms with Gasteiger partial charge in [-0.05, 0) is 47.8 Å². The van der Waals surface area contributed by atoms with Crippen molar-refractivity contribution in [2.75, 3.05) is 7.05 Å². The summed E-state index contributed by atoms with van der Waals surface area (Å²) in [7, 11) is 1.77. The fourth-order valence-corrected chi connectivity index (χ4v) is 3.00. The molecule has 22 heavy (non-hydrogen) atoms. The molecular weight excluding hydrogens is 318 g/mol. The van der Waals surface area contributed by atoms with Crippen LogP contribution in [0.25, 0.3) is 11.3 Å². The Balaban J connectivity index is 1.75. The topological polar surface area (TPSA) is 33.5 Å². The minimum absolute atomic E-state index is 0.131. The van der Waals surface area contributed by atoms with Crippen LogP contribution in [0.15, 0.2) is 58.3 Å². The van der Waals surface area contributed by atoms with E-state index in [4.69, 9.17) is 16.0 Å². The molecule has 0 bridgehead atoms. The van der Waals surface area contributed by atoms with Gasteiger partial charge in [0.15, 0.2) is 5.76 Å². The fraction of sp³-hybridized carbons (Fsp3) is 0.118. The molecule has 0 saturated carbocycles. The van der Waals surface area contributed by atoms with Crippen LogP contribution >= 0.6 is 22.9 Å². The van der Waals surface area contributed by atoms with Crippen molar-refractivity contribution < 1.29 is 9.21 Å². The number of rotatable bonds is 4. The summed E-state index contributed by atoms with van der Waals surface area (Å²) in [6.07, 6.45) is 0. The Morgan fingerprint density at radius 2 is 1.95 bits per heavy atom. The van der Waals surface area contributed by atoms with E-state index in [1.54, 1.807) is 47.5 Å². The summed E-state index contributed by atoms with van der Waals surface area (Å²) in [6.45, 7) is 0.577. The van der Waals surface area contributed by atoms with Gasteiger partial charge in [-0.1, -0.05) is 17.7 Å². The maximum Gasteiger partial charge on any atom is 0.289 e. The highest BCUT2D eigenvalue weighted by Gasteiger charge is 2.17. The Labute approximate surface area is 137 Å². The van der Waals surface area contributed by atoms with Gasteiger partial charge in [0.1, 0.15) is 5.76 Å². The van der Waals surface area contributed by atoms with Gasteiger partial charge in [-0.3, -0.25) is 4.79 Å². The third-order valence-corrected chi connectivity index (χ3v) is 4.38. The van der Waals surface area contributed by atoms with Crippen LogP contribution < -0.4 is 0 Å². The summed E-state index contributed by atoms with van der Waals surface area (Å²) in [5.74, 6) is 0.863. The van der Waals surface area contributed by atoms with Gasteiger partial charge in [0, 0.05) is 22.5 Å². The number of thiophene rings is 1. The maximum absolute atomic E-state index is 12.4. The Hall–Kier alpha value is -2.04. The van der Waals surface area contributed by atoms with Gasteiger partial charge < -0.3 is 9.32 Å². The standard InChI is InChI=1S/C17H14ClNO2S/c1-19(11-14-3-2-10-22-14)17(20)16-9-8-15(21-16)12-4-6-13(18)7-5-12/h2-10H,11H2,1H3. The lowest BCUT2D eigenvalue weighted by Crippen LogP contribution is -2.25. The number of furan rings is 1. The van der Waals surface area contributed by atoms with Gasteiger partial charge in [0.05, 0.1) is 6.54 Å². The molecular formula is C17H14ClNO2S. The lowest BCUT2D eigenvalue weighted by atomic mass is 10.2. The number of amides is 1. The first-order valence-electron chi connectivity index (χ1n) is 6.77. The zero-order valence-corrected chi connectivity index (χ0v) is 13.5. The highest BCUT2D eigenvalue weighted by molar-refractivity contribution is 7.09. The Kier molecular flexibility index (Phi) is 4.32. The van der Waals surface area contributed by atoms with Crippen molar-refractivity contribution in [3.63, 3.8) is 0 Å². The summed E-state index contributed by atoms with van der Waals surface area (Å²) < 4.78 is 5.68. The number of benzene rings is 1. The van der Waals surface area contributed by atoms with Crippen LogP contribution in [0, 0.1) is 0 Å². The zero-order chi connectivity index (χ0) is 15.5. The van der Waals surface area contributed by atoms with Crippen LogP contribution in [-0.4, -0.2) is 17.9 Å². The van der Waals surface area contributed by atoms with Crippen molar-refractivity contribution in [2.24, 2.45) is 0 Å². The largest absolute Gasteiger partial charge is 0.451 e. The lowest BCUT2D eigenvalue weighted by molar-refractivity contribution is 0.0756. The first-order chi connectivity index (χ1) is 10.6. The molecule has 0 spiro atoms. The first kappa shape index (κ1) is 14.9. The molecule has 0 N–H and O–H groups in total. The van der Waals surface area contributed by atoms with E-state index in [0.717, 1.165) is 10.4 Å². The molecule has 2 aromatic heterocycles. The Morgan fingerprint density at radius 1 is 1.18 bits per heavy atom. The molecule has 0 aliphatic heterocycles. The van der Waals surface area contributed by atoms with E-state index in [1.165, 1.54) is 0 Å². The third kappa shape index (κ3) is 3.24. The summed E-state index contributed by atoms with van der Waals surface area (Å²) in [5.41, 5.74) is 0.893. The van der Waals surface area contributed by atoms with Crippen LogP contribution in [0.3, 0.4) is 0 Å². The zero-order valence-electron chi connectivity index (χ0n) is 12.0. The van der Waals surface area contributed by atoms with Crippen molar-refractivity contribution in [1.82, 2.24) is 4.90 Å². The number of carbonyl (C=O) groups is 1. The first-order valence-corrected chi connectivity index (χ1v) is 8.03. The van der Waals surface area contributed by atoms with Crippen molar-refractivity contribution in [3.05, 3.63) is 69.6 Å². The molecule has 0 saturated heterocycles. The molecule has 0 radical (unpaired) electrons. The molecule has 3 rings (SSSR count). The molecule has 0 aliphatic rings. The normalized spacial score (nSPS) is 10.6. The number of nitrogens with zero attached hydrogens (tertiary/aromatic N) is 1. The third-order valence-electron chi connectivity index (χ3n) is 3.27. The predicted molar refractivity (Wildman–Crippen MR) is 89.3 cm³/mol. The van der Waals surface area contributed by atoms with Gasteiger partial charge >= 0.3 is 0 Å². The predicted octanol–water partition coefficient (Wildman–Crippen LogP) is 4.93. The van der Waals surface area contributed by atoms with E-state index in [1.807, 2.05) is 29.6 Å². The van der Waals surface area contributed by atoms with Crippen molar-refractivity contribution in [3.8, 4) is 11.3 Å². The van der Waals surface area contributed by atoms with E-state index >= 15 is 0 Å². The van der Waals surface area contributed by atoms with E-state index < -0.39 is 0 Å². The fourth-order valence-electron chi connectivity index (χ4n) is 2.12. The Bertz CT molecular complexity index is 762.